The van der Waals surface area contributed by atoms with Crippen LogP contribution in [0.25, 0.3) is 10.9 Å². The van der Waals surface area contributed by atoms with Crippen molar-refractivity contribution >= 4 is 16.9 Å². The number of aromatic hydroxyl groups is 1. The standard InChI is InChI=1S/C12H11NO3/c14-10-5-3-8(4-6-11(15)16)9-2-1-7-13-12(9)10/h1-3,5,7,14H,4,6H2,(H,15,16)/p-1. The number of rotatable bonds is 3. The van der Waals surface area contributed by atoms with Crippen LogP contribution < -0.4 is 5.11 Å². The number of carboxylic acid groups (broad SMARTS) is 1. The number of carbonyl (C=O) groups is 1. The summed E-state index contributed by atoms with van der Waals surface area (Å²) in [6, 6.07) is 6.80. The van der Waals surface area contributed by atoms with Crippen molar-refractivity contribution in [1.82, 2.24) is 4.98 Å². The van der Waals surface area contributed by atoms with Gasteiger partial charge in [-0.2, -0.15) is 0 Å². The minimum Gasteiger partial charge on any atom is -0.550 e. The van der Waals surface area contributed by atoms with E-state index >= 15 is 0 Å². The Morgan fingerprint density at radius 3 is 2.94 bits per heavy atom. The number of nitrogens with zero attached hydrogens (tertiary/aromatic N) is 1. The van der Waals surface area contributed by atoms with Crippen molar-refractivity contribution in [2.75, 3.05) is 0 Å². The average Bonchev–Trinajstić information content (AvgIpc) is 2.28. The number of aryl methyl sites for hydroxylation is 1. The van der Waals surface area contributed by atoms with Crippen LogP contribution in [0.4, 0.5) is 0 Å². The van der Waals surface area contributed by atoms with Gasteiger partial charge in [-0.25, -0.2) is 0 Å². The van der Waals surface area contributed by atoms with Crippen LogP contribution in [-0.2, 0) is 11.2 Å². The molecule has 0 radical (unpaired) electrons. The maximum Gasteiger partial charge on any atom is 0.141 e. The highest BCUT2D eigenvalue weighted by molar-refractivity contribution is 5.87. The van der Waals surface area contributed by atoms with Gasteiger partial charge in [0, 0.05) is 17.6 Å². The molecule has 4 nitrogen and oxygen atoms in total. The van der Waals surface area contributed by atoms with Gasteiger partial charge in [0.25, 0.3) is 0 Å². The van der Waals surface area contributed by atoms with E-state index in [0.29, 0.717) is 11.9 Å². The van der Waals surface area contributed by atoms with Gasteiger partial charge in [-0.3, -0.25) is 4.98 Å². The van der Waals surface area contributed by atoms with E-state index in [1.807, 2.05) is 6.07 Å². The van der Waals surface area contributed by atoms with Gasteiger partial charge in [-0.15, -0.1) is 0 Å². The summed E-state index contributed by atoms with van der Waals surface area (Å²) in [5, 5.41) is 20.8. The monoisotopic (exact) mass is 216 g/mol. The Kier molecular flexibility index (Phi) is 2.72. The zero-order valence-electron chi connectivity index (χ0n) is 8.51. The first-order valence-corrected chi connectivity index (χ1v) is 4.94. The molecule has 16 heavy (non-hydrogen) atoms. The van der Waals surface area contributed by atoms with Crippen molar-refractivity contribution in [3.63, 3.8) is 0 Å². The second-order valence-electron chi connectivity index (χ2n) is 3.52. The van der Waals surface area contributed by atoms with Crippen LogP contribution in [0.5, 0.6) is 5.75 Å². The van der Waals surface area contributed by atoms with E-state index in [4.69, 9.17) is 0 Å². The Morgan fingerprint density at radius 1 is 1.38 bits per heavy atom. The number of phenolic OH excluding ortho intramolecular Hbond substituents is 1. The predicted octanol–water partition coefficient (Wildman–Crippen LogP) is 0.623. The Labute approximate surface area is 92.2 Å². The molecule has 4 heteroatoms. The van der Waals surface area contributed by atoms with Gasteiger partial charge in [-0.1, -0.05) is 12.1 Å². The van der Waals surface area contributed by atoms with Crippen molar-refractivity contribution in [3.05, 3.63) is 36.0 Å². The molecule has 2 rings (SSSR count). The molecule has 1 heterocycles. The molecule has 0 aliphatic carbocycles. The van der Waals surface area contributed by atoms with Crippen molar-refractivity contribution in [1.29, 1.82) is 0 Å². The first-order valence-electron chi connectivity index (χ1n) is 4.94. The molecule has 1 aromatic carbocycles. The molecule has 0 fully saturated rings. The topological polar surface area (TPSA) is 73.2 Å². The lowest BCUT2D eigenvalue weighted by Gasteiger charge is -2.07. The van der Waals surface area contributed by atoms with Crippen molar-refractivity contribution in [2.45, 2.75) is 12.8 Å². The zero-order chi connectivity index (χ0) is 11.5. The first-order chi connectivity index (χ1) is 7.68. The lowest BCUT2D eigenvalue weighted by atomic mass is 10.0. The quantitative estimate of drug-likeness (QED) is 0.816. The maximum absolute atomic E-state index is 10.4. The van der Waals surface area contributed by atoms with E-state index in [2.05, 4.69) is 4.98 Å². The molecule has 0 aliphatic heterocycles. The summed E-state index contributed by atoms with van der Waals surface area (Å²) in [5.41, 5.74) is 1.35. The highest BCUT2D eigenvalue weighted by Crippen LogP contribution is 2.25. The number of carboxylic acids is 1. The van der Waals surface area contributed by atoms with E-state index < -0.39 is 5.97 Å². The van der Waals surface area contributed by atoms with Crippen molar-refractivity contribution in [3.8, 4) is 5.75 Å². The fraction of sp³-hybridized carbons (Fsp3) is 0.167. The summed E-state index contributed by atoms with van der Waals surface area (Å²) in [4.78, 5) is 14.5. The summed E-state index contributed by atoms with van der Waals surface area (Å²) in [5.74, 6) is -0.974. The van der Waals surface area contributed by atoms with Crippen molar-refractivity contribution in [2.24, 2.45) is 0 Å². The molecule has 82 valence electrons. The number of pyridine rings is 1. The van der Waals surface area contributed by atoms with E-state index in [0.717, 1.165) is 10.9 Å². The molecule has 0 atom stereocenters. The molecule has 0 saturated carbocycles. The highest BCUT2D eigenvalue weighted by atomic mass is 16.4. The Hall–Kier alpha value is -2.10. The van der Waals surface area contributed by atoms with Gasteiger partial charge < -0.3 is 15.0 Å². The normalized spacial score (nSPS) is 10.5. The number of hydrogen-bond acceptors (Lipinski definition) is 4. The van der Waals surface area contributed by atoms with Gasteiger partial charge in [-0.05, 0) is 30.5 Å². The Balaban J connectivity index is 2.46. The first kappa shape index (κ1) is 10.4. The number of phenols is 1. The Bertz CT molecular complexity index is 537. The van der Waals surface area contributed by atoms with Gasteiger partial charge in [0.1, 0.15) is 11.3 Å². The highest BCUT2D eigenvalue weighted by Gasteiger charge is 2.05. The smallest absolute Gasteiger partial charge is 0.141 e. The number of carbonyl (C=O) groups excluding carboxylic acids is 1. The van der Waals surface area contributed by atoms with Gasteiger partial charge in [0.15, 0.2) is 0 Å². The predicted molar refractivity (Wildman–Crippen MR) is 56.7 cm³/mol. The number of hydrogen-bond donors (Lipinski definition) is 1. The minimum atomic E-state index is -1.08. The molecule has 0 saturated heterocycles. The van der Waals surface area contributed by atoms with E-state index in [-0.39, 0.29) is 12.2 Å². The molecule has 1 N–H and O–H groups in total. The van der Waals surface area contributed by atoms with Crippen LogP contribution in [0.1, 0.15) is 12.0 Å². The summed E-state index contributed by atoms with van der Waals surface area (Å²) in [6.07, 6.45) is 1.93. The summed E-state index contributed by atoms with van der Waals surface area (Å²) < 4.78 is 0. The molecule has 0 unspecified atom stereocenters. The molecule has 0 spiro atoms. The molecular weight excluding hydrogens is 206 g/mol. The number of fused-ring (bicyclic) bond motifs is 1. The van der Waals surface area contributed by atoms with Crippen LogP contribution in [0, 0.1) is 0 Å². The third-order valence-corrected chi connectivity index (χ3v) is 2.44. The largest absolute Gasteiger partial charge is 0.550 e. The van der Waals surface area contributed by atoms with E-state index in [1.165, 1.54) is 6.07 Å². The molecule has 0 amide bonds. The lowest BCUT2D eigenvalue weighted by Crippen LogP contribution is -2.22. The fourth-order valence-corrected chi connectivity index (χ4v) is 1.67. The van der Waals surface area contributed by atoms with Gasteiger partial charge >= 0.3 is 0 Å². The number of aliphatic carboxylic acids is 1. The number of aromatic nitrogens is 1. The van der Waals surface area contributed by atoms with Gasteiger partial charge in [0.2, 0.25) is 0 Å². The third kappa shape index (κ3) is 1.95. The zero-order valence-corrected chi connectivity index (χ0v) is 8.51. The van der Waals surface area contributed by atoms with Crippen LogP contribution in [0.3, 0.4) is 0 Å². The van der Waals surface area contributed by atoms with Crippen molar-refractivity contribution < 1.29 is 15.0 Å². The van der Waals surface area contributed by atoms with Gasteiger partial charge in [0.05, 0.1) is 0 Å². The third-order valence-electron chi connectivity index (χ3n) is 2.44. The maximum atomic E-state index is 10.4. The molecular formula is C12H10NO3-. The summed E-state index contributed by atoms with van der Waals surface area (Å²) in [6.45, 7) is 0. The summed E-state index contributed by atoms with van der Waals surface area (Å²) in [7, 11) is 0. The molecule has 2 aromatic rings. The second kappa shape index (κ2) is 4.18. The number of benzene rings is 1. The average molecular weight is 216 g/mol. The van der Waals surface area contributed by atoms with E-state index in [9.17, 15) is 15.0 Å². The summed E-state index contributed by atoms with van der Waals surface area (Å²) >= 11 is 0. The molecule has 0 aliphatic rings. The molecule has 0 bridgehead atoms. The van der Waals surface area contributed by atoms with Crippen LogP contribution in [0.2, 0.25) is 0 Å². The van der Waals surface area contributed by atoms with Crippen LogP contribution in [-0.4, -0.2) is 16.1 Å². The SMILES string of the molecule is O=C([O-])CCc1ccc(O)c2ncccc12. The molecule has 1 aromatic heterocycles. The van der Waals surface area contributed by atoms with E-state index in [1.54, 1.807) is 18.3 Å². The van der Waals surface area contributed by atoms with Crippen LogP contribution >= 0.6 is 0 Å². The van der Waals surface area contributed by atoms with Crippen LogP contribution in [0.15, 0.2) is 30.5 Å². The Morgan fingerprint density at radius 2 is 2.19 bits per heavy atom. The minimum absolute atomic E-state index is 0.0330. The lowest BCUT2D eigenvalue weighted by molar-refractivity contribution is -0.305. The fourth-order valence-electron chi connectivity index (χ4n) is 1.67. The second-order valence-corrected chi connectivity index (χ2v) is 3.52.